The zero-order valence-electron chi connectivity index (χ0n) is 15.1. The number of hydrogen-bond donors (Lipinski definition) is 0. The summed E-state index contributed by atoms with van der Waals surface area (Å²) in [5.74, 6) is -0.898. The fourth-order valence-corrected chi connectivity index (χ4v) is 40.4. The molecule has 0 saturated heterocycles. The molecule has 0 amide bonds. The molecule has 0 aliphatic heterocycles. The Kier molecular flexibility index (Phi) is 5.51. The summed E-state index contributed by atoms with van der Waals surface area (Å²) in [6, 6.07) is 20.6. The molecule has 2 aliphatic carbocycles. The predicted octanol–water partition coefficient (Wildman–Crippen LogP) is 6.24. The van der Waals surface area contributed by atoms with Crippen molar-refractivity contribution in [2.24, 2.45) is 0 Å². The average molecular weight is 520 g/mol. The second kappa shape index (κ2) is 8.02. The molecule has 2 heteroatoms. The molecule has 0 fully saturated rings. The second-order valence-corrected chi connectivity index (χ2v) is 31.8. The van der Waals surface area contributed by atoms with Crippen molar-refractivity contribution in [1.29, 1.82) is 0 Å². The van der Waals surface area contributed by atoms with Gasteiger partial charge >= 0.3 is 166 Å². The second-order valence-electron chi connectivity index (χ2n) is 7.18. The summed E-state index contributed by atoms with van der Waals surface area (Å²) in [5.41, 5.74) is 6.08. The molecule has 0 radical (unpaired) electrons. The molecular formula is C24H25HfSi. The van der Waals surface area contributed by atoms with Crippen molar-refractivity contribution < 1.29 is 20.6 Å². The van der Waals surface area contributed by atoms with Crippen molar-refractivity contribution in [3.63, 3.8) is 0 Å². The van der Waals surface area contributed by atoms with E-state index in [-0.39, 0.29) is 0 Å². The molecule has 2 atom stereocenters. The van der Waals surface area contributed by atoms with Gasteiger partial charge in [0.15, 0.2) is 0 Å². The molecule has 4 rings (SSSR count). The summed E-state index contributed by atoms with van der Waals surface area (Å²) in [4.78, 5) is 0. The van der Waals surface area contributed by atoms with Crippen LogP contribution in [0.25, 0.3) is 12.2 Å². The van der Waals surface area contributed by atoms with Gasteiger partial charge in [0.25, 0.3) is 0 Å². The van der Waals surface area contributed by atoms with E-state index < -0.39 is 26.6 Å². The van der Waals surface area contributed by atoms with Crippen molar-refractivity contribution in [3.05, 3.63) is 108 Å². The van der Waals surface area contributed by atoms with Gasteiger partial charge in [0.2, 0.25) is 0 Å². The van der Waals surface area contributed by atoms with Crippen LogP contribution in [-0.4, -0.2) is 5.98 Å². The fraction of sp³-hybridized carbons (Fsp3) is 0.167. The molecule has 0 aromatic heterocycles. The third-order valence-electron chi connectivity index (χ3n) is 5.69. The Morgan fingerprint density at radius 3 is 1.69 bits per heavy atom. The summed E-state index contributed by atoms with van der Waals surface area (Å²) in [7, 11) is 0. The van der Waals surface area contributed by atoms with E-state index in [1.165, 1.54) is 23.2 Å². The van der Waals surface area contributed by atoms with Crippen LogP contribution in [0.4, 0.5) is 0 Å². The molecule has 0 saturated carbocycles. The first kappa shape index (κ1) is 17.9. The van der Waals surface area contributed by atoms with Crippen LogP contribution in [0.3, 0.4) is 0 Å². The zero-order valence-corrected chi connectivity index (χ0v) is 19.9. The van der Waals surface area contributed by atoms with Crippen LogP contribution in [0.15, 0.2) is 86.0 Å². The molecule has 2 aliphatic rings. The van der Waals surface area contributed by atoms with Gasteiger partial charge in [-0.05, 0) is 0 Å². The minimum atomic E-state index is -2.09. The number of allylic oxidation sites excluding steroid dienone is 4. The predicted molar refractivity (Wildman–Crippen MR) is 114 cm³/mol. The van der Waals surface area contributed by atoms with Gasteiger partial charge in [-0.2, -0.15) is 0 Å². The van der Waals surface area contributed by atoms with E-state index in [9.17, 15) is 0 Å². The van der Waals surface area contributed by atoms with Crippen LogP contribution in [0.1, 0.15) is 29.6 Å². The Morgan fingerprint density at radius 2 is 1.23 bits per heavy atom. The molecule has 0 bridgehead atoms. The molecule has 2 aromatic rings. The number of benzene rings is 2. The first-order valence-electron chi connectivity index (χ1n) is 9.46. The maximum atomic E-state index is 4.11. The van der Waals surface area contributed by atoms with E-state index in [4.69, 9.17) is 0 Å². The number of fused-ring (bicyclic) bond motifs is 2. The summed E-state index contributed by atoms with van der Waals surface area (Å²) in [6.45, 7) is 8.21. The molecular weight excluding hydrogens is 495 g/mol. The van der Waals surface area contributed by atoms with Crippen LogP contribution < -0.4 is 0 Å². The Labute approximate surface area is 165 Å². The third kappa shape index (κ3) is 3.25. The standard InChI is InChI=1S/2C9H7.C6H11Si.Hf/c2*1-2-5-9-7-3-6-8(9)4-1;1-3-5-7-6-4-2;/h2*1-7H;3-4,7H,1-2,5-6H2;. The molecule has 0 heterocycles. The maximum absolute atomic E-state index is 4.11. The normalized spacial score (nSPS) is 19.4. The van der Waals surface area contributed by atoms with E-state index in [1.807, 2.05) is 0 Å². The van der Waals surface area contributed by atoms with Crippen molar-refractivity contribution in [1.82, 2.24) is 0 Å². The first-order chi connectivity index (χ1) is 12.8. The SMILES string of the molecule is C=CC[SiH](CC=C)[Hf]([CH]1C=Cc2ccccc21)[CH]1C=Cc2ccccc21. The Morgan fingerprint density at radius 1 is 0.769 bits per heavy atom. The summed E-state index contributed by atoms with van der Waals surface area (Å²) < 4.78 is 1.43. The molecule has 2 aromatic carbocycles. The summed E-state index contributed by atoms with van der Waals surface area (Å²) in [5, 5.41) is 0. The van der Waals surface area contributed by atoms with Gasteiger partial charge in [-0.15, -0.1) is 0 Å². The molecule has 0 N–H and O–H groups in total. The van der Waals surface area contributed by atoms with E-state index in [1.54, 1.807) is 11.1 Å². The van der Waals surface area contributed by atoms with Gasteiger partial charge in [0, 0.05) is 0 Å². The molecule has 129 valence electrons. The molecule has 2 unspecified atom stereocenters. The Balaban J connectivity index is 1.79. The van der Waals surface area contributed by atoms with Crippen molar-refractivity contribution in [3.8, 4) is 0 Å². The van der Waals surface area contributed by atoms with Crippen LogP contribution in [0.5, 0.6) is 0 Å². The van der Waals surface area contributed by atoms with Crippen LogP contribution in [-0.2, 0) is 20.6 Å². The van der Waals surface area contributed by atoms with Gasteiger partial charge in [0.1, 0.15) is 0 Å². The van der Waals surface area contributed by atoms with Gasteiger partial charge < -0.3 is 0 Å². The molecule has 0 nitrogen and oxygen atoms in total. The van der Waals surface area contributed by atoms with Gasteiger partial charge in [-0.25, -0.2) is 0 Å². The zero-order chi connectivity index (χ0) is 17.9. The van der Waals surface area contributed by atoms with Gasteiger partial charge in [-0.3, -0.25) is 0 Å². The van der Waals surface area contributed by atoms with Crippen molar-refractivity contribution in [2.45, 2.75) is 19.4 Å². The summed E-state index contributed by atoms with van der Waals surface area (Å²) in [6.07, 6.45) is 14.2. The minimum absolute atomic E-state index is 0.716. The van der Waals surface area contributed by atoms with Crippen molar-refractivity contribution >= 4 is 18.1 Å². The number of rotatable bonds is 7. The monoisotopic (exact) mass is 521 g/mol. The van der Waals surface area contributed by atoms with E-state index in [0.717, 1.165) is 0 Å². The first-order valence-corrected chi connectivity index (χ1v) is 22.0. The fourth-order valence-electron chi connectivity index (χ4n) is 4.55. The van der Waals surface area contributed by atoms with Crippen LogP contribution >= 0.6 is 0 Å². The quantitative estimate of drug-likeness (QED) is 0.300. The van der Waals surface area contributed by atoms with E-state index >= 15 is 0 Å². The van der Waals surface area contributed by atoms with E-state index in [2.05, 4.69) is 98.1 Å². The van der Waals surface area contributed by atoms with Crippen LogP contribution in [0.2, 0.25) is 12.1 Å². The molecule has 26 heavy (non-hydrogen) atoms. The van der Waals surface area contributed by atoms with Gasteiger partial charge in [-0.1, -0.05) is 0 Å². The van der Waals surface area contributed by atoms with E-state index in [0.29, 0.717) is 7.35 Å². The number of hydrogen-bond acceptors (Lipinski definition) is 0. The van der Waals surface area contributed by atoms with Gasteiger partial charge in [0.05, 0.1) is 0 Å². The third-order valence-corrected chi connectivity index (χ3v) is 38.3. The Bertz CT molecular complexity index is 808. The Hall–Kier alpha value is -1.51. The molecule has 0 spiro atoms. The summed E-state index contributed by atoms with van der Waals surface area (Å²) >= 11 is -2.09. The average Bonchev–Trinajstić information content (AvgIpc) is 3.28. The topological polar surface area (TPSA) is 0 Å². The van der Waals surface area contributed by atoms with Crippen LogP contribution in [0, 0.1) is 0 Å². The van der Waals surface area contributed by atoms with Crippen molar-refractivity contribution in [2.75, 3.05) is 0 Å².